The van der Waals surface area contributed by atoms with Crippen LogP contribution in [0.5, 0.6) is 0 Å². The fraction of sp³-hybridized carbons (Fsp3) is 0.769. The van der Waals surface area contributed by atoms with E-state index in [4.69, 9.17) is 5.73 Å². The summed E-state index contributed by atoms with van der Waals surface area (Å²) in [4.78, 5) is 4.06. The molecule has 0 saturated carbocycles. The molecular weight excluding hydrogens is 276 g/mol. The normalized spacial score (nSPS) is 23.1. The Kier molecular flexibility index (Phi) is 4.51. The molecule has 0 bridgehead atoms. The zero-order chi connectivity index (χ0) is 14.9. The average molecular weight is 300 g/mol. The van der Waals surface area contributed by atoms with E-state index in [0.29, 0.717) is 13.1 Å². The van der Waals surface area contributed by atoms with E-state index >= 15 is 0 Å². The molecule has 6 nitrogen and oxygen atoms in total. The highest BCUT2D eigenvalue weighted by Gasteiger charge is 2.32. The van der Waals surface area contributed by atoms with Gasteiger partial charge in [0.15, 0.2) is 5.03 Å². The second-order valence-electron chi connectivity index (χ2n) is 5.88. The molecule has 0 radical (unpaired) electrons. The third kappa shape index (κ3) is 3.05. The van der Waals surface area contributed by atoms with E-state index in [-0.39, 0.29) is 23.0 Å². The van der Waals surface area contributed by atoms with E-state index in [0.717, 1.165) is 12.8 Å². The summed E-state index contributed by atoms with van der Waals surface area (Å²) in [5.41, 5.74) is 5.91. The Morgan fingerprint density at radius 2 is 2.10 bits per heavy atom. The van der Waals surface area contributed by atoms with Crippen LogP contribution in [-0.2, 0) is 10.0 Å². The summed E-state index contributed by atoms with van der Waals surface area (Å²) in [6, 6.07) is 0.214. The number of nitrogens with zero attached hydrogens (tertiary/aromatic N) is 3. The van der Waals surface area contributed by atoms with Crippen molar-refractivity contribution in [1.82, 2.24) is 13.9 Å². The van der Waals surface area contributed by atoms with Gasteiger partial charge >= 0.3 is 0 Å². The van der Waals surface area contributed by atoms with Gasteiger partial charge in [-0.1, -0.05) is 0 Å². The van der Waals surface area contributed by atoms with Gasteiger partial charge in [0.2, 0.25) is 0 Å². The lowest BCUT2D eigenvalue weighted by Crippen LogP contribution is -2.45. The number of hydrogen-bond donors (Lipinski definition) is 1. The quantitative estimate of drug-likeness (QED) is 0.906. The van der Waals surface area contributed by atoms with Gasteiger partial charge in [-0.15, -0.1) is 0 Å². The van der Waals surface area contributed by atoms with E-state index in [2.05, 4.69) is 4.98 Å². The molecule has 1 fully saturated rings. The van der Waals surface area contributed by atoms with Gasteiger partial charge in [-0.2, -0.15) is 4.31 Å². The lowest BCUT2D eigenvalue weighted by atomic mass is 9.93. The summed E-state index contributed by atoms with van der Waals surface area (Å²) in [7, 11) is -3.50. The van der Waals surface area contributed by atoms with Gasteiger partial charge in [0.1, 0.15) is 0 Å². The second kappa shape index (κ2) is 5.83. The molecule has 1 aliphatic heterocycles. The fourth-order valence-electron chi connectivity index (χ4n) is 2.49. The number of imidazole rings is 1. The third-order valence-corrected chi connectivity index (χ3v) is 5.69. The Balaban J connectivity index is 2.20. The number of sulfonamides is 1. The van der Waals surface area contributed by atoms with E-state index in [1.165, 1.54) is 4.31 Å². The first-order chi connectivity index (χ1) is 9.32. The van der Waals surface area contributed by atoms with E-state index in [9.17, 15) is 8.42 Å². The maximum Gasteiger partial charge on any atom is 0.262 e. The molecule has 1 saturated heterocycles. The number of rotatable bonds is 4. The SMILES string of the molecule is CC(C)n1cnc(S(=O)(=O)N2CCC[C@@H]([C@@H](C)N)C2)c1. The number of nitrogens with two attached hydrogens (primary N) is 1. The van der Waals surface area contributed by atoms with Gasteiger partial charge in [0.05, 0.1) is 6.33 Å². The van der Waals surface area contributed by atoms with Crippen LogP contribution in [0.4, 0.5) is 0 Å². The fourth-order valence-corrected chi connectivity index (χ4v) is 3.94. The van der Waals surface area contributed by atoms with E-state index in [1.54, 1.807) is 17.1 Å². The van der Waals surface area contributed by atoms with Gasteiger partial charge in [-0.05, 0) is 39.5 Å². The van der Waals surface area contributed by atoms with Crippen LogP contribution in [0, 0.1) is 5.92 Å². The molecule has 2 N–H and O–H groups in total. The third-order valence-electron chi connectivity index (χ3n) is 3.94. The maximum absolute atomic E-state index is 12.6. The number of aromatic nitrogens is 2. The molecule has 20 heavy (non-hydrogen) atoms. The molecule has 0 amide bonds. The molecule has 1 aromatic rings. The first-order valence-electron chi connectivity index (χ1n) is 7.11. The highest BCUT2D eigenvalue weighted by atomic mass is 32.2. The Morgan fingerprint density at radius 1 is 1.40 bits per heavy atom. The zero-order valence-corrected chi connectivity index (χ0v) is 13.2. The van der Waals surface area contributed by atoms with Crippen LogP contribution < -0.4 is 5.73 Å². The second-order valence-corrected chi connectivity index (χ2v) is 7.76. The Morgan fingerprint density at radius 3 is 2.65 bits per heavy atom. The van der Waals surface area contributed by atoms with Crippen molar-refractivity contribution >= 4 is 10.0 Å². The minimum absolute atomic E-state index is 0.0150. The van der Waals surface area contributed by atoms with Crippen molar-refractivity contribution in [3.8, 4) is 0 Å². The monoisotopic (exact) mass is 300 g/mol. The van der Waals surface area contributed by atoms with Crippen molar-refractivity contribution in [2.45, 2.75) is 50.7 Å². The highest BCUT2D eigenvalue weighted by molar-refractivity contribution is 7.89. The predicted octanol–water partition coefficient (Wildman–Crippen LogP) is 1.21. The lowest BCUT2D eigenvalue weighted by molar-refractivity contribution is 0.242. The molecule has 0 unspecified atom stereocenters. The molecule has 1 aliphatic rings. The maximum atomic E-state index is 12.6. The van der Waals surface area contributed by atoms with Gasteiger partial charge in [0, 0.05) is 31.4 Å². The van der Waals surface area contributed by atoms with Crippen LogP contribution >= 0.6 is 0 Å². The predicted molar refractivity (Wildman–Crippen MR) is 77.7 cm³/mol. The molecule has 114 valence electrons. The summed E-state index contributed by atoms with van der Waals surface area (Å²) in [6.07, 6.45) is 5.03. The summed E-state index contributed by atoms with van der Waals surface area (Å²) < 4.78 is 28.5. The standard InChI is InChI=1S/C13H24N4O2S/c1-10(2)16-8-13(15-9-16)20(18,19)17-6-4-5-12(7-17)11(3)14/h8-12H,4-7,14H2,1-3H3/t11-,12-/m1/s1. The molecule has 0 aromatic carbocycles. The van der Waals surface area contributed by atoms with Crippen molar-refractivity contribution in [1.29, 1.82) is 0 Å². The molecule has 1 aromatic heterocycles. The van der Waals surface area contributed by atoms with Gasteiger partial charge in [0.25, 0.3) is 10.0 Å². The van der Waals surface area contributed by atoms with Crippen LogP contribution in [0.1, 0.15) is 39.7 Å². The van der Waals surface area contributed by atoms with Gasteiger partial charge < -0.3 is 10.3 Å². The summed E-state index contributed by atoms with van der Waals surface area (Å²) in [6.45, 7) is 6.97. The van der Waals surface area contributed by atoms with Crippen molar-refractivity contribution in [3.63, 3.8) is 0 Å². The molecule has 7 heteroatoms. The molecule has 0 spiro atoms. The van der Waals surface area contributed by atoms with Crippen LogP contribution in [0.15, 0.2) is 17.6 Å². The molecule has 2 atom stereocenters. The summed E-state index contributed by atoms with van der Waals surface area (Å²) in [5, 5.41) is 0.136. The Hall–Kier alpha value is -0.920. The largest absolute Gasteiger partial charge is 0.334 e. The smallest absolute Gasteiger partial charge is 0.262 e. The number of hydrogen-bond acceptors (Lipinski definition) is 4. The average Bonchev–Trinajstić information content (AvgIpc) is 2.89. The minimum Gasteiger partial charge on any atom is -0.334 e. The molecule has 0 aliphatic carbocycles. The first-order valence-corrected chi connectivity index (χ1v) is 8.55. The van der Waals surface area contributed by atoms with Crippen molar-refractivity contribution in [3.05, 3.63) is 12.5 Å². The van der Waals surface area contributed by atoms with E-state index < -0.39 is 10.0 Å². The van der Waals surface area contributed by atoms with Crippen LogP contribution in [0.25, 0.3) is 0 Å². The molecule has 2 rings (SSSR count). The first kappa shape index (κ1) is 15.5. The molecular formula is C13H24N4O2S. The van der Waals surface area contributed by atoms with Crippen LogP contribution in [0.2, 0.25) is 0 Å². The summed E-state index contributed by atoms with van der Waals surface area (Å²) in [5.74, 6) is 0.228. The van der Waals surface area contributed by atoms with Crippen molar-refractivity contribution in [2.24, 2.45) is 11.7 Å². The highest BCUT2D eigenvalue weighted by Crippen LogP contribution is 2.24. The summed E-state index contributed by atoms with van der Waals surface area (Å²) >= 11 is 0. The van der Waals surface area contributed by atoms with Crippen LogP contribution in [0.3, 0.4) is 0 Å². The Bertz CT molecular complexity index is 550. The van der Waals surface area contributed by atoms with Crippen molar-refractivity contribution < 1.29 is 8.42 Å². The van der Waals surface area contributed by atoms with Crippen LogP contribution in [-0.4, -0.2) is 41.4 Å². The van der Waals surface area contributed by atoms with Gasteiger partial charge in [-0.3, -0.25) is 0 Å². The topological polar surface area (TPSA) is 81.2 Å². The number of piperidine rings is 1. The molecule has 2 heterocycles. The lowest BCUT2D eigenvalue weighted by Gasteiger charge is -2.33. The minimum atomic E-state index is -3.50. The zero-order valence-electron chi connectivity index (χ0n) is 12.4. The van der Waals surface area contributed by atoms with Crippen molar-refractivity contribution in [2.75, 3.05) is 13.1 Å². The Labute approximate surface area is 121 Å². The van der Waals surface area contributed by atoms with E-state index in [1.807, 2.05) is 20.8 Å². The van der Waals surface area contributed by atoms with Gasteiger partial charge in [-0.25, -0.2) is 13.4 Å².